The molecule has 0 bridgehead atoms. The minimum Gasteiger partial charge on any atom is -0.395 e. The summed E-state index contributed by atoms with van der Waals surface area (Å²) in [4.78, 5) is 0. The summed E-state index contributed by atoms with van der Waals surface area (Å²) in [6.45, 7) is 9.49. The molecule has 0 amide bonds. The Morgan fingerprint density at radius 1 is 1.24 bits per heavy atom. The molecule has 0 heterocycles. The van der Waals surface area contributed by atoms with E-state index in [1.54, 1.807) is 0 Å². The monoisotopic (exact) mass is 241 g/mol. The van der Waals surface area contributed by atoms with E-state index in [1.807, 2.05) is 0 Å². The third kappa shape index (κ3) is 5.87. The third-order valence-corrected chi connectivity index (χ3v) is 4.02. The smallest absolute Gasteiger partial charge is 0.0584 e. The van der Waals surface area contributed by atoms with Crippen LogP contribution in [0.25, 0.3) is 0 Å². The van der Waals surface area contributed by atoms with Gasteiger partial charge in [0, 0.05) is 12.1 Å². The number of aliphatic hydroxyl groups is 1. The van der Waals surface area contributed by atoms with E-state index in [4.69, 9.17) is 0 Å². The van der Waals surface area contributed by atoms with Crippen molar-refractivity contribution in [2.24, 2.45) is 11.3 Å². The molecule has 1 rings (SSSR count). The predicted molar refractivity (Wildman–Crippen MR) is 74.1 cm³/mol. The Kier molecular flexibility index (Phi) is 5.94. The van der Waals surface area contributed by atoms with Gasteiger partial charge < -0.3 is 10.4 Å². The van der Waals surface area contributed by atoms with Crippen LogP contribution in [-0.4, -0.2) is 23.8 Å². The van der Waals surface area contributed by atoms with E-state index in [2.05, 4.69) is 33.0 Å². The first-order chi connectivity index (χ1) is 7.93. The first-order valence-corrected chi connectivity index (χ1v) is 7.30. The minimum absolute atomic E-state index is 0.276. The molecule has 2 atom stereocenters. The topological polar surface area (TPSA) is 32.3 Å². The molecule has 102 valence electrons. The molecule has 1 aliphatic rings. The lowest BCUT2D eigenvalue weighted by atomic mass is 9.85. The average molecular weight is 241 g/mol. The van der Waals surface area contributed by atoms with Crippen molar-refractivity contribution in [3.05, 3.63) is 0 Å². The molecule has 1 aliphatic carbocycles. The fourth-order valence-electron chi connectivity index (χ4n) is 2.93. The maximum atomic E-state index is 9.42. The van der Waals surface area contributed by atoms with E-state index >= 15 is 0 Å². The summed E-state index contributed by atoms with van der Waals surface area (Å²) >= 11 is 0. The largest absolute Gasteiger partial charge is 0.395 e. The first kappa shape index (κ1) is 15.0. The van der Waals surface area contributed by atoms with Crippen molar-refractivity contribution in [3.8, 4) is 0 Å². The summed E-state index contributed by atoms with van der Waals surface area (Å²) in [6.07, 6.45) is 7.60. The van der Waals surface area contributed by atoms with E-state index in [1.165, 1.54) is 32.1 Å². The molecule has 2 heteroatoms. The number of hydrogen-bond acceptors (Lipinski definition) is 2. The van der Waals surface area contributed by atoms with E-state index in [9.17, 15) is 5.11 Å². The van der Waals surface area contributed by atoms with Gasteiger partial charge in [-0.1, -0.05) is 34.1 Å². The van der Waals surface area contributed by atoms with Gasteiger partial charge in [-0.05, 0) is 43.4 Å². The fourth-order valence-corrected chi connectivity index (χ4v) is 2.93. The molecule has 0 aromatic rings. The van der Waals surface area contributed by atoms with Crippen molar-refractivity contribution in [2.75, 3.05) is 6.61 Å². The van der Waals surface area contributed by atoms with Gasteiger partial charge in [-0.2, -0.15) is 0 Å². The van der Waals surface area contributed by atoms with Crippen LogP contribution < -0.4 is 5.32 Å². The zero-order valence-corrected chi connectivity index (χ0v) is 12.1. The molecule has 17 heavy (non-hydrogen) atoms. The normalized spacial score (nSPS) is 26.8. The summed E-state index contributed by atoms with van der Waals surface area (Å²) in [5.74, 6) is 0.655. The van der Waals surface area contributed by atoms with Crippen molar-refractivity contribution < 1.29 is 5.11 Å². The van der Waals surface area contributed by atoms with Gasteiger partial charge in [0.2, 0.25) is 0 Å². The highest BCUT2D eigenvalue weighted by atomic mass is 16.3. The molecule has 2 unspecified atom stereocenters. The Morgan fingerprint density at radius 3 is 2.53 bits per heavy atom. The lowest BCUT2D eigenvalue weighted by molar-refractivity contribution is 0.207. The molecular formula is C15H31NO. The van der Waals surface area contributed by atoms with Crippen molar-refractivity contribution >= 4 is 0 Å². The number of hydrogen-bond donors (Lipinski definition) is 2. The molecular weight excluding hydrogens is 210 g/mol. The molecule has 0 saturated heterocycles. The summed E-state index contributed by atoms with van der Waals surface area (Å²) in [5, 5.41) is 13.1. The summed E-state index contributed by atoms with van der Waals surface area (Å²) in [6, 6.07) is 0.911. The molecule has 0 aromatic heterocycles. The Balaban J connectivity index is 2.39. The Morgan fingerprint density at radius 2 is 1.94 bits per heavy atom. The van der Waals surface area contributed by atoms with Crippen LogP contribution >= 0.6 is 0 Å². The van der Waals surface area contributed by atoms with Gasteiger partial charge in [0.15, 0.2) is 0 Å². The quantitative estimate of drug-likeness (QED) is 0.724. The van der Waals surface area contributed by atoms with Crippen LogP contribution in [-0.2, 0) is 0 Å². The molecule has 0 aromatic carbocycles. The highest BCUT2D eigenvalue weighted by molar-refractivity contribution is 4.82. The van der Waals surface area contributed by atoms with Crippen LogP contribution in [0.1, 0.15) is 66.2 Å². The van der Waals surface area contributed by atoms with Gasteiger partial charge in [-0.3, -0.25) is 0 Å². The summed E-state index contributed by atoms with van der Waals surface area (Å²) in [5.41, 5.74) is 0.517. The second kappa shape index (κ2) is 6.75. The van der Waals surface area contributed by atoms with E-state index in [-0.39, 0.29) is 6.61 Å². The van der Waals surface area contributed by atoms with Crippen molar-refractivity contribution in [2.45, 2.75) is 78.3 Å². The second-order valence-electron chi connectivity index (χ2n) is 6.97. The molecule has 0 spiro atoms. The maximum Gasteiger partial charge on any atom is 0.0584 e. The van der Waals surface area contributed by atoms with Gasteiger partial charge in [0.25, 0.3) is 0 Å². The van der Waals surface area contributed by atoms with Gasteiger partial charge >= 0.3 is 0 Å². The van der Waals surface area contributed by atoms with E-state index in [0.717, 1.165) is 6.42 Å². The van der Waals surface area contributed by atoms with Crippen LogP contribution in [0, 0.1) is 11.3 Å². The van der Waals surface area contributed by atoms with Crippen LogP contribution in [0.4, 0.5) is 0 Å². The second-order valence-corrected chi connectivity index (χ2v) is 6.97. The molecule has 2 nitrogen and oxygen atoms in total. The molecule has 0 radical (unpaired) electrons. The highest BCUT2D eigenvalue weighted by Crippen LogP contribution is 2.33. The zero-order valence-electron chi connectivity index (χ0n) is 12.1. The van der Waals surface area contributed by atoms with Crippen molar-refractivity contribution in [1.29, 1.82) is 0 Å². The van der Waals surface area contributed by atoms with Crippen molar-refractivity contribution in [3.63, 3.8) is 0 Å². The average Bonchev–Trinajstić information content (AvgIpc) is 2.39. The molecule has 1 fully saturated rings. The van der Waals surface area contributed by atoms with Gasteiger partial charge in [-0.15, -0.1) is 0 Å². The lowest BCUT2D eigenvalue weighted by Crippen LogP contribution is -2.41. The van der Waals surface area contributed by atoms with Crippen LogP contribution in [0.3, 0.4) is 0 Å². The zero-order chi connectivity index (χ0) is 12.9. The fraction of sp³-hybridized carbons (Fsp3) is 1.00. The van der Waals surface area contributed by atoms with Crippen molar-refractivity contribution in [1.82, 2.24) is 5.32 Å². The standard InChI is InChI=1S/C15H31NO/c1-12(2)10-14(11-17)16-13-6-5-8-15(3,4)9-7-13/h12-14,16-17H,5-11H2,1-4H3. The van der Waals surface area contributed by atoms with Gasteiger partial charge in [-0.25, -0.2) is 0 Å². The number of aliphatic hydroxyl groups excluding tert-OH is 1. The van der Waals surface area contributed by atoms with Crippen LogP contribution in [0.2, 0.25) is 0 Å². The van der Waals surface area contributed by atoms with Gasteiger partial charge in [0.05, 0.1) is 6.61 Å². The molecule has 1 saturated carbocycles. The number of nitrogens with one attached hydrogen (secondary N) is 1. The Labute approximate surface area is 107 Å². The SMILES string of the molecule is CC(C)CC(CO)NC1CCCC(C)(C)CC1. The Hall–Kier alpha value is -0.0800. The lowest BCUT2D eigenvalue weighted by Gasteiger charge is -2.26. The van der Waals surface area contributed by atoms with Crippen LogP contribution in [0.15, 0.2) is 0 Å². The van der Waals surface area contributed by atoms with Gasteiger partial charge in [0.1, 0.15) is 0 Å². The predicted octanol–water partition coefficient (Wildman–Crippen LogP) is 3.34. The third-order valence-electron chi connectivity index (χ3n) is 4.02. The Bertz CT molecular complexity index is 213. The van der Waals surface area contributed by atoms with E-state index < -0.39 is 0 Å². The molecule has 0 aliphatic heterocycles. The van der Waals surface area contributed by atoms with Crippen LogP contribution in [0.5, 0.6) is 0 Å². The number of rotatable bonds is 5. The summed E-state index contributed by atoms with van der Waals surface area (Å²) in [7, 11) is 0. The maximum absolute atomic E-state index is 9.42. The minimum atomic E-state index is 0.276. The summed E-state index contributed by atoms with van der Waals surface area (Å²) < 4.78 is 0. The van der Waals surface area contributed by atoms with E-state index in [0.29, 0.717) is 23.4 Å². The molecule has 2 N–H and O–H groups in total. The highest BCUT2D eigenvalue weighted by Gasteiger charge is 2.25. The first-order valence-electron chi connectivity index (χ1n) is 7.30.